The quantitative estimate of drug-likeness (QED) is 0.435. The molecule has 1 spiro atoms. The summed E-state index contributed by atoms with van der Waals surface area (Å²) in [5.74, 6) is 0.892. The number of likely N-dealkylation sites (tertiary alicyclic amines) is 1. The number of thiazole rings is 1. The summed E-state index contributed by atoms with van der Waals surface area (Å²) >= 11 is 14.0. The maximum absolute atomic E-state index is 14.0. The van der Waals surface area contributed by atoms with Crippen LogP contribution in [-0.4, -0.2) is 41.5 Å². The number of halogens is 2. The van der Waals surface area contributed by atoms with Gasteiger partial charge in [0.15, 0.2) is 0 Å². The van der Waals surface area contributed by atoms with E-state index < -0.39 is 5.41 Å². The lowest BCUT2D eigenvalue weighted by molar-refractivity contribution is -0.137. The van der Waals surface area contributed by atoms with Crippen molar-refractivity contribution >= 4 is 46.1 Å². The molecule has 1 amide bonds. The second-order valence-electron chi connectivity index (χ2n) is 8.81. The van der Waals surface area contributed by atoms with Crippen LogP contribution in [0.25, 0.3) is 0 Å². The molecule has 0 N–H and O–H groups in total. The third-order valence-corrected chi connectivity index (χ3v) is 7.69. The van der Waals surface area contributed by atoms with Gasteiger partial charge in [-0.25, -0.2) is 4.98 Å². The van der Waals surface area contributed by atoms with Gasteiger partial charge in [-0.05, 0) is 61.9 Å². The summed E-state index contributed by atoms with van der Waals surface area (Å²) in [6.07, 6.45) is 4.19. The lowest BCUT2D eigenvalue weighted by atomic mass is 9.72. The molecule has 2 aliphatic heterocycles. The molecule has 8 heteroatoms. The number of nitrogens with zero attached hydrogens (tertiary/aromatic N) is 3. The highest BCUT2D eigenvalue weighted by Crippen LogP contribution is 2.42. The highest BCUT2D eigenvalue weighted by molar-refractivity contribution is 7.09. The van der Waals surface area contributed by atoms with Crippen LogP contribution in [0.5, 0.6) is 5.75 Å². The van der Waals surface area contributed by atoms with Crippen molar-refractivity contribution in [3.63, 3.8) is 0 Å². The Morgan fingerprint density at radius 1 is 1.15 bits per heavy atom. The zero-order chi connectivity index (χ0) is 22.8. The zero-order valence-electron chi connectivity index (χ0n) is 18.1. The van der Waals surface area contributed by atoms with Crippen molar-refractivity contribution in [2.75, 3.05) is 24.5 Å². The van der Waals surface area contributed by atoms with Crippen LogP contribution >= 0.6 is 34.5 Å². The Hall–Kier alpha value is -2.12. The number of carbonyl (C=O) groups excluding carboxylic acids is 1. The molecule has 0 saturated carbocycles. The third-order valence-electron chi connectivity index (χ3n) is 6.44. The van der Waals surface area contributed by atoms with Gasteiger partial charge in [0.2, 0.25) is 5.91 Å². The summed E-state index contributed by atoms with van der Waals surface area (Å²) in [5.41, 5.74) is 0.344. The van der Waals surface area contributed by atoms with Crippen LogP contribution in [0.4, 0.5) is 5.69 Å². The van der Waals surface area contributed by atoms with Gasteiger partial charge in [-0.1, -0.05) is 29.3 Å². The number of hydrogen-bond acceptors (Lipinski definition) is 5. The standard InChI is InChI=1S/C25H25Cl2N3O2S/c26-18-5-7-20(8-6-18)30-15-22(32-21-4-1-3-19(27)13-21)14-25(24(30)31)9-2-11-29(17-25)16-23-28-10-12-33-23/h1,3-8,10,12-13,22H,2,9,11,14-17H2/t22-,25-/m1/s1. The van der Waals surface area contributed by atoms with Gasteiger partial charge in [-0.15, -0.1) is 11.3 Å². The largest absolute Gasteiger partial charge is 0.488 e. The van der Waals surface area contributed by atoms with E-state index in [4.69, 9.17) is 27.9 Å². The first kappa shape index (κ1) is 22.7. The highest BCUT2D eigenvalue weighted by Gasteiger charge is 2.50. The summed E-state index contributed by atoms with van der Waals surface area (Å²) < 4.78 is 6.40. The van der Waals surface area contributed by atoms with Crippen LogP contribution in [0, 0.1) is 5.41 Å². The Kier molecular flexibility index (Phi) is 6.61. The second kappa shape index (κ2) is 9.63. The van der Waals surface area contributed by atoms with Crippen molar-refractivity contribution in [3.05, 3.63) is 75.2 Å². The first-order valence-corrected chi connectivity index (χ1v) is 12.7. The van der Waals surface area contributed by atoms with Crippen LogP contribution in [-0.2, 0) is 11.3 Å². The molecule has 2 aliphatic rings. The van der Waals surface area contributed by atoms with Gasteiger partial charge in [0, 0.05) is 40.3 Å². The zero-order valence-corrected chi connectivity index (χ0v) is 20.5. The lowest BCUT2D eigenvalue weighted by Crippen LogP contribution is -2.60. The van der Waals surface area contributed by atoms with E-state index in [9.17, 15) is 4.79 Å². The summed E-state index contributed by atoms with van der Waals surface area (Å²) in [4.78, 5) is 22.6. The van der Waals surface area contributed by atoms with Crippen molar-refractivity contribution in [3.8, 4) is 5.75 Å². The minimum Gasteiger partial charge on any atom is -0.488 e. The SMILES string of the molecule is O=C1N(c2ccc(Cl)cc2)C[C@H](Oc2cccc(Cl)c2)C[C@@]12CCCN(Cc1nccs1)C2. The predicted molar refractivity (Wildman–Crippen MR) is 133 cm³/mol. The minimum atomic E-state index is -0.503. The Bertz CT molecular complexity index is 1110. The molecule has 3 heterocycles. The minimum absolute atomic E-state index is 0.142. The molecule has 0 radical (unpaired) electrons. The number of ether oxygens (including phenoxy) is 1. The van der Waals surface area contributed by atoms with E-state index in [1.165, 1.54) is 0 Å². The Balaban J connectivity index is 1.44. The Labute approximate surface area is 207 Å². The summed E-state index contributed by atoms with van der Waals surface area (Å²) in [6, 6.07) is 14.9. The lowest BCUT2D eigenvalue weighted by Gasteiger charge is -2.49. The van der Waals surface area contributed by atoms with Crippen molar-refractivity contribution in [2.45, 2.75) is 31.9 Å². The van der Waals surface area contributed by atoms with Gasteiger partial charge in [0.1, 0.15) is 16.9 Å². The fraction of sp³-hybridized carbons (Fsp3) is 0.360. The molecule has 5 rings (SSSR count). The topological polar surface area (TPSA) is 45.7 Å². The summed E-state index contributed by atoms with van der Waals surface area (Å²) in [6.45, 7) is 2.93. The van der Waals surface area contributed by atoms with E-state index in [0.29, 0.717) is 29.6 Å². The Morgan fingerprint density at radius 3 is 2.76 bits per heavy atom. The van der Waals surface area contributed by atoms with Gasteiger partial charge < -0.3 is 9.64 Å². The summed E-state index contributed by atoms with van der Waals surface area (Å²) in [7, 11) is 0. The number of aromatic nitrogens is 1. The molecule has 33 heavy (non-hydrogen) atoms. The maximum atomic E-state index is 14.0. The number of piperidine rings is 2. The molecule has 2 saturated heterocycles. The van der Waals surface area contributed by atoms with E-state index in [1.807, 2.05) is 65.0 Å². The van der Waals surface area contributed by atoms with Gasteiger partial charge in [0.25, 0.3) is 0 Å². The molecule has 3 aromatic rings. The molecule has 2 atom stereocenters. The molecular formula is C25H25Cl2N3O2S. The first-order chi connectivity index (χ1) is 16.0. The van der Waals surface area contributed by atoms with Gasteiger partial charge >= 0.3 is 0 Å². The maximum Gasteiger partial charge on any atom is 0.234 e. The van der Waals surface area contributed by atoms with Crippen LogP contribution in [0.2, 0.25) is 10.0 Å². The van der Waals surface area contributed by atoms with Crippen molar-refractivity contribution in [1.82, 2.24) is 9.88 Å². The van der Waals surface area contributed by atoms with Crippen LogP contribution in [0.3, 0.4) is 0 Å². The van der Waals surface area contributed by atoms with E-state index in [-0.39, 0.29) is 12.0 Å². The molecule has 172 valence electrons. The number of rotatable bonds is 5. The molecule has 0 bridgehead atoms. The molecule has 1 aromatic heterocycles. The first-order valence-electron chi connectivity index (χ1n) is 11.1. The van der Waals surface area contributed by atoms with Gasteiger partial charge in [0.05, 0.1) is 18.5 Å². The highest BCUT2D eigenvalue weighted by atomic mass is 35.5. The number of carbonyl (C=O) groups is 1. The molecule has 2 fully saturated rings. The predicted octanol–water partition coefficient (Wildman–Crippen LogP) is 5.92. The van der Waals surface area contributed by atoms with Gasteiger partial charge in [-0.2, -0.15) is 0 Å². The van der Waals surface area contributed by atoms with E-state index in [1.54, 1.807) is 11.3 Å². The van der Waals surface area contributed by atoms with Gasteiger partial charge in [-0.3, -0.25) is 9.69 Å². The molecule has 2 aromatic carbocycles. The summed E-state index contributed by atoms with van der Waals surface area (Å²) in [5, 5.41) is 4.36. The normalized spacial score (nSPS) is 23.8. The van der Waals surface area contributed by atoms with E-state index in [0.717, 1.165) is 42.4 Å². The fourth-order valence-corrected chi connectivity index (χ4v) is 6.01. The number of anilines is 1. The van der Waals surface area contributed by atoms with Crippen molar-refractivity contribution < 1.29 is 9.53 Å². The van der Waals surface area contributed by atoms with Crippen molar-refractivity contribution in [1.29, 1.82) is 0 Å². The third kappa shape index (κ3) is 5.04. The number of hydrogen-bond donors (Lipinski definition) is 0. The smallest absolute Gasteiger partial charge is 0.234 e. The van der Waals surface area contributed by atoms with Crippen molar-refractivity contribution in [2.24, 2.45) is 5.41 Å². The van der Waals surface area contributed by atoms with Crippen LogP contribution in [0.15, 0.2) is 60.1 Å². The fourth-order valence-electron chi connectivity index (χ4n) is 5.04. The van der Waals surface area contributed by atoms with E-state index in [2.05, 4.69) is 9.88 Å². The Morgan fingerprint density at radius 2 is 2.00 bits per heavy atom. The molecule has 0 aliphatic carbocycles. The molecule has 5 nitrogen and oxygen atoms in total. The average Bonchev–Trinajstić information content (AvgIpc) is 3.30. The average molecular weight is 502 g/mol. The molecular weight excluding hydrogens is 477 g/mol. The molecule has 0 unspecified atom stereocenters. The number of amides is 1. The van der Waals surface area contributed by atoms with Crippen LogP contribution < -0.4 is 9.64 Å². The number of benzene rings is 2. The monoisotopic (exact) mass is 501 g/mol. The van der Waals surface area contributed by atoms with Crippen LogP contribution in [0.1, 0.15) is 24.3 Å². The second-order valence-corrected chi connectivity index (χ2v) is 10.7. The van der Waals surface area contributed by atoms with E-state index >= 15 is 0 Å².